The average molecular weight is 948 g/mol. The van der Waals surface area contributed by atoms with Gasteiger partial charge < -0.3 is 62.2 Å². The van der Waals surface area contributed by atoms with E-state index < -0.39 is 17.7 Å². The van der Waals surface area contributed by atoms with Crippen molar-refractivity contribution in [3.63, 3.8) is 0 Å². The Morgan fingerprint density at radius 1 is 0.455 bits per heavy atom. The molecule has 2 aromatic rings. The molecule has 0 bridgehead atoms. The van der Waals surface area contributed by atoms with E-state index in [1.807, 2.05) is 0 Å². The normalized spacial score (nSPS) is 11.6. The topological polar surface area (TPSA) is 157 Å². The Hall–Kier alpha value is -3.43. The fourth-order valence-corrected chi connectivity index (χ4v) is 5.92. The first-order valence-corrected chi connectivity index (χ1v) is 23.4. The van der Waals surface area contributed by atoms with Gasteiger partial charge in [-0.3, -0.25) is 4.79 Å². The third-order valence-corrected chi connectivity index (χ3v) is 9.40. The zero-order valence-electron chi connectivity index (χ0n) is 39.1. The molecular formula is C48H76F3NO14. The van der Waals surface area contributed by atoms with Gasteiger partial charge >= 0.3 is 18.1 Å². The number of ether oxygens (including phenoxy) is 12. The van der Waals surface area contributed by atoms with Gasteiger partial charge in [0.1, 0.15) is 13.2 Å². The first-order chi connectivity index (χ1) is 32.3. The smallest absolute Gasteiger partial charge is 0.416 e. The summed E-state index contributed by atoms with van der Waals surface area (Å²) in [6, 6.07) is 11.1. The van der Waals surface area contributed by atoms with Crippen LogP contribution in [0.3, 0.4) is 0 Å². The molecule has 0 heterocycles. The SMILES string of the molecule is CCCCCCCCCCCC(=O)OCCOCCOCCOCCOCCOCCOCCOCCOCCOCCOCCOC(=O)c1ccccc1Nc1cccc(C(F)(F)F)c1. The molecule has 1 N–H and O–H groups in total. The summed E-state index contributed by atoms with van der Waals surface area (Å²) < 4.78 is 105. The molecule has 0 unspecified atom stereocenters. The Morgan fingerprint density at radius 3 is 1.26 bits per heavy atom. The summed E-state index contributed by atoms with van der Waals surface area (Å²) >= 11 is 0. The van der Waals surface area contributed by atoms with Crippen LogP contribution in [0.1, 0.15) is 87.1 Å². The number of carbonyl (C=O) groups is 2. The summed E-state index contributed by atoms with van der Waals surface area (Å²) in [5, 5.41) is 2.86. The molecule has 0 saturated carbocycles. The number of hydrogen-bond acceptors (Lipinski definition) is 15. The van der Waals surface area contributed by atoms with E-state index >= 15 is 0 Å². The molecule has 0 atom stereocenters. The van der Waals surface area contributed by atoms with Crippen LogP contribution in [0, 0.1) is 0 Å². The molecular weight excluding hydrogens is 872 g/mol. The molecule has 0 aliphatic carbocycles. The van der Waals surface area contributed by atoms with E-state index in [1.165, 1.54) is 63.1 Å². The summed E-state index contributed by atoms with van der Waals surface area (Å²) in [5.41, 5.74) is -0.103. The van der Waals surface area contributed by atoms with Gasteiger partial charge in [0.15, 0.2) is 0 Å². The Kier molecular flexibility index (Phi) is 37.1. The first kappa shape index (κ1) is 58.7. The second-order valence-electron chi connectivity index (χ2n) is 14.8. The quantitative estimate of drug-likeness (QED) is 0.0500. The van der Waals surface area contributed by atoms with E-state index in [4.69, 9.17) is 56.8 Å². The lowest BCUT2D eigenvalue weighted by atomic mass is 10.1. The fourth-order valence-electron chi connectivity index (χ4n) is 5.92. The molecule has 2 aromatic carbocycles. The Morgan fingerprint density at radius 2 is 0.833 bits per heavy atom. The Bertz CT molecular complexity index is 1460. The molecule has 15 nitrogen and oxygen atoms in total. The zero-order valence-corrected chi connectivity index (χ0v) is 39.1. The van der Waals surface area contributed by atoms with Crippen LogP contribution < -0.4 is 5.32 Å². The molecule has 0 spiro atoms. The highest BCUT2D eigenvalue weighted by atomic mass is 19.4. The number of esters is 2. The number of anilines is 2. The van der Waals surface area contributed by atoms with Crippen LogP contribution in [0.25, 0.3) is 0 Å². The summed E-state index contributed by atoms with van der Waals surface area (Å²) in [7, 11) is 0. The van der Waals surface area contributed by atoms with E-state index in [0.717, 1.165) is 25.0 Å². The second kappa shape index (κ2) is 41.7. The van der Waals surface area contributed by atoms with Crippen LogP contribution in [-0.4, -0.2) is 157 Å². The third kappa shape index (κ3) is 33.9. The maximum absolute atomic E-state index is 13.1. The van der Waals surface area contributed by atoms with Gasteiger partial charge in [0, 0.05) is 12.1 Å². The van der Waals surface area contributed by atoms with Crippen LogP contribution in [0.5, 0.6) is 0 Å². The second-order valence-corrected chi connectivity index (χ2v) is 14.8. The maximum Gasteiger partial charge on any atom is 0.416 e. The lowest BCUT2D eigenvalue weighted by Crippen LogP contribution is -2.16. The lowest BCUT2D eigenvalue weighted by Gasteiger charge is -2.13. The van der Waals surface area contributed by atoms with Crippen molar-refractivity contribution in [1.29, 1.82) is 0 Å². The highest BCUT2D eigenvalue weighted by Gasteiger charge is 2.30. The molecule has 0 aromatic heterocycles. The monoisotopic (exact) mass is 948 g/mol. The van der Waals surface area contributed by atoms with Gasteiger partial charge in [-0.25, -0.2) is 4.79 Å². The van der Waals surface area contributed by atoms with Crippen molar-refractivity contribution in [3.8, 4) is 0 Å². The van der Waals surface area contributed by atoms with Crippen molar-refractivity contribution >= 4 is 23.3 Å². The summed E-state index contributed by atoms with van der Waals surface area (Å²) in [5.74, 6) is -0.784. The number of halogens is 3. The predicted molar refractivity (Wildman–Crippen MR) is 242 cm³/mol. The molecule has 18 heteroatoms. The molecule has 0 radical (unpaired) electrons. The number of alkyl halides is 3. The van der Waals surface area contributed by atoms with Crippen molar-refractivity contribution in [2.75, 3.05) is 151 Å². The van der Waals surface area contributed by atoms with Gasteiger partial charge in [-0.2, -0.15) is 13.2 Å². The van der Waals surface area contributed by atoms with E-state index in [9.17, 15) is 22.8 Å². The number of benzene rings is 2. The third-order valence-electron chi connectivity index (χ3n) is 9.40. The van der Waals surface area contributed by atoms with Gasteiger partial charge in [-0.1, -0.05) is 76.5 Å². The van der Waals surface area contributed by atoms with E-state index in [2.05, 4.69) is 12.2 Å². The molecule has 0 fully saturated rings. The van der Waals surface area contributed by atoms with Gasteiger partial charge in [0.05, 0.1) is 149 Å². The van der Waals surface area contributed by atoms with Gasteiger partial charge in [0.2, 0.25) is 0 Å². The summed E-state index contributed by atoms with van der Waals surface area (Å²) in [4.78, 5) is 24.4. The largest absolute Gasteiger partial charge is 0.463 e. The van der Waals surface area contributed by atoms with Crippen molar-refractivity contribution in [2.45, 2.75) is 77.3 Å². The number of carbonyl (C=O) groups excluding carboxylic acids is 2. The highest BCUT2D eigenvalue weighted by molar-refractivity contribution is 5.96. The van der Waals surface area contributed by atoms with Gasteiger partial charge in [0.25, 0.3) is 0 Å². The van der Waals surface area contributed by atoms with Crippen LogP contribution in [-0.2, 0) is 67.8 Å². The number of unbranched alkanes of at least 4 members (excludes halogenated alkanes) is 8. The first-order valence-electron chi connectivity index (χ1n) is 23.4. The zero-order chi connectivity index (χ0) is 47.4. The summed E-state index contributed by atoms with van der Waals surface area (Å²) in [6.07, 6.45) is 6.98. The van der Waals surface area contributed by atoms with Crippen LogP contribution in [0.4, 0.5) is 24.5 Å². The minimum atomic E-state index is -4.48. The molecule has 2 rings (SSSR count). The molecule has 0 aliphatic heterocycles. The lowest BCUT2D eigenvalue weighted by molar-refractivity contribution is -0.145. The standard InChI is InChI=1S/C48H76F3NO14/c1-2-3-4-5-6-7-8-9-10-18-46(53)65-39-37-63-35-33-61-31-29-59-27-25-57-23-21-55-19-20-56-22-24-58-26-28-60-30-32-62-34-36-64-38-40-66-47(54)44-16-11-12-17-45(44)52-43-15-13-14-42(41-43)48(49,50)51/h11-17,41,52H,2-10,18-40H2,1H3. The molecule has 0 saturated heterocycles. The van der Waals surface area contributed by atoms with Gasteiger partial charge in [-0.05, 0) is 36.8 Å². The predicted octanol–water partition coefficient (Wildman–Crippen LogP) is 8.24. The van der Waals surface area contributed by atoms with E-state index in [1.54, 1.807) is 18.2 Å². The molecule has 0 aliphatic rings. The maximum atomic E-state index is 13.1. The van der Waals surface area contributed by atoms with Crippen LogP contribution >= 0.6 is 0 Å². The van der Waals surface area contributed by atoms with Crippen molar-refractivity contribution in [3.05, 3.63) is 59.7 Å². The van der Waals surface area contributed by atoms with Gasteiger partial charge in [-0.15, -0.1) is 0 Å². The number of nitrogens with one attached hydrogen (secondary N) is 1. The van der Waals surface area contributed by atoms with Crippen LogP contribution in [0.2, 0.25) is 0 Å². The minimum Gasteiger partial charge on any atom is -0.463 e. The average Bonchev–Trinajstić information content (AvgIpc) is 3.31. The Labute approximate surface area is 389 Å². The van der Waals surface area contributed by atoms with E-state index in [0.29, 0.717) is 138 Å². The molecule has 66 heavy (non-hydrogen) atoms. The molecule has 0 amide bonds. The van der Waals surface area contributed by atoms with E-state index in [-0.39, 0.29) is 37.0 Å². The fraction of sp³-hybridized carbons (Fsp3) is 0.708. The minimum absolute atomic E-state index is 0.00714. The van der Waals surface area contributed by atoms with Crippen molar-refractivity contribution < 1.29 is 79.6 Å². The number of para-hydroxylation sites is 1. The Balaban J connectivity index is 1.22. The number of rotatable bonds is 46. The summed E-state index contributed by atoms with van der Waals surface area (Å²) in [6.45, 7) is 10.7. The van der Waals surface area contributed by atoms with Crippen molar-refractivity contribution in [1.82, 2.24) is 0 Å². The molecule has 378 valence electrons. The van der Waals surface area contributed by atoms with Crippen molar-refractivity contribution in [2.24, 2.45) is 0 Å². The number of hydrogen-bond donors (Lipinski definition) is 1. The van der Waals surface area contributed by atoms with Crippen LogP contribution in [0.15, 0.2) is 48.5 Å². The highest BCUT2D eigenvalue weighted by Crippen LogP contribution is 2.32.